The van der Waals surface area contributed by atoms with Crippen LogP contribution in [0.3, 0.4) is 0 Å². The van der Waals surface area contributed by atoms with Gasteiger partial charge < -0.3 is 0 Å². The first kappa shape index (κ1) is 10.5. The Bertz CT molecular complexity index is 169. The summed E-state index contributed by atoms with van der Waals surface area (Å²) in [6.45, 7) is 0. The molecule has 0 N–H and O–H groups in total. The van der Waals surface area contributed by atoms with E-state index in [1.54, 1.807) is 0 Å². The topological polar surface area (TPSA) is 17.1 Å². The molecule has 0 heterocycles. The van der Waals surface area contributed by atoms with Gasteiger partial charge in [0.05, 0.1) is 0 Å². The summed E-state index contributed by atoms with van der Waals surface area (Å²) in [7, 11) is 0. The maximum absolute atomic E-state index is 11.4. The molecule has 0 aliphatic heterocycles. The number of ketones is 1. The van der Waals surface area contributed by atoms with Crippen molar-refractivity contribution in [3.05, 3.63) is 0 Å². The number of hydrogen-bond acceptors (Lipinski definition) is 1. The normalized spacial score (nSPS) is 26.9. The molecule has 1 rings (SSSR count). The van der Waals surface area contributed by atoms with Crippen molar-refractivity contribution in [2.24, 2.45) is 0 Å². The molecule has 0 spiro atoms. The van der Waals surface area contributed by atoms with E-state index in [1.165, 1.54) is 12.8 Å². The number of carbonyl (C=O) groups is 1. The van der Waals surface area contributed by atoms with Crippen LogP contribution in [0, 0.1) is 0 Å². The van der Waals surface area contributed by atoms with Gasteiger partial charge in [-0.15, -0.1) is 0 Å². The minimum absolute atomic E-state index is 0.532. The Morgan fingerprint density at radius 2 is 1.92 bits per heavy atom. The summed E-state index contributed by atoms with van der Waals surface area (Å²) in [6.07, 6.45) is 5.56. The first-order valence-corrected chi connectivity index (χ1v) is 15.2. The summed E-state index contributed by atoms with van der Waals surface area (Å²) in [6, 6.07) is 0. The third-order valence-corrected chi connectivity index (χ3v) is 11.4. The fourth-order valence-electron chi connectivity index (χ4n) is 1.93. The molecule has 12 heavy (non-hydrogen) atoms. The predicted molar refractivity (Wildman–Crippen MR) is 55.2 cm³/mol. The molecule has 1 unspecified atom stereocenters. The molecular formula is C10H20OSn. The van der Waals surface area contributed by atoms with E-state index >= 15 is 0 Å². The summed E-state index contributed by atoms with van der Waals surface area (Å²) >= 11 is -1.75. The van der Waals surface area contributed by atoms with Crippen LogP contribution in [0.4, 0.5) is 0 Å². The molecule has 1 fully saturated rings. The summed E-state index contributed by atoms with van der Waals surface area (Å²) in [5.74, 6) is 0.532. The second kappa shape index (κ2) is 4.12. The maximum atomic E-state index is 11.4. The fourth-order valence-corrected chi connectivity index (χ4v) is 7.38. The number of Topliss-reactive ketones (excluding diaryl/α,β-unsaturated/α-hetero) is 1. The van der Waals surface area contributed by atoms with Gasteiger partial charge in [0.1, 0.15) is 0 Å². The van der Waals surface area contributed by atoms with Gasteiger partial charge in [0.2, 0.25) is 0 Å². The van der Waals surface area contributed by atoms with Crippen molar-refractivity contribution < 1.29 is 4.79 Å². The quantitative estimate of drug-likeness (QED) is 0.530. The molecule has 1 aliphatic rings. The van der Waals surface area contributed by atoms with E-state index in [1.807, 2.05) is 0 Å². The van der Waals surface area contributed by atoms with Gasteiger partial charge in [0, 0.05) is 0 Å². The number of hydrogen-bond donors (Lipinski definition) is 0. The third-order valence-electron chi connectivity index (χ3n) is 2.96. The molecule has 0 amide bonds. The van der Waals surface area contributed by atoms with Gasteiger partial charge in [-0.2, -0.15) is 0 Å². The predicted octanol–water partition coefficient (Wildman–Crippen LogP) is 3.23. The molecular weight excluding hydrogens is 255 g/mol. The molecule has 0 aromatic carbocycles. The molecule has 0 aromatic rings. The van der Waals surface area contributed by atoms with Crippen LogP contribution in [-0.4, -0.2) is 24.2 Å². The van der Waals surface area contributed by atoms with E-state index in [9.17, 15) is 4.79 Å². The first-order chi connectivity index (χ1) is 5.50. The zero-order chi connectivity index (χ0) is 9.19. The molecule has 0 saturated heterocycles. The molecule has 0 bridgehead atoms. The Balaban J connectivity index is 2.58. The Labute approximate surface area is 79.8 Å². The van der Waals surface area contributed by atoms with Gasteiger partial charge in [0.25, 0.3) is 0 Å². The van der Waals surface area contributed by atoms with Gasteiger partial charge in [-0.1, -0.05) is 0 Å². The summed E-state index contributed by atoms with van der Waals surface area (Å²) in [4.78, 5) is 18.7. The van der Waals surface area contributed by atoms with Crippen LogP contribution in [0.15, 0.2) is 0 Å². The van der Waals surface area contributed by atoms with Gasteiger partial charge in [-0.25, -0.2) is 0 Å². The second-order valence-electron chi connectivity index (χ2n) is 5.05. The Morgan fingerprint density at radius 3 is 2.50 bits per heavy atom. The van der Waals surface area contributed by atoms with Crippen molar-refractivity contribution in [3.8, 4) is 0 Å². The monoisotopic (exact) mass is 276 g/mol. The van der Waals surface area contributed by atoms with Crippen LogP contribution in [0.25, 0.3) is 0 Å². The van der Waals surface area contributed by atoms with Crippen LogP contribution in [0.1, 0.15) is 32.1 Å². The average Bonchev–Trinajstić information content (AvgIpc) is 2.11. The average molecular weight is 275 g/mol. The standard InChI is InChI=1S/C7H11O.3CH3.Sn/c8-7-5-3-1-2-4-6-7;;;;/h3H,1-2,4-6H2;3*1H3;. The SMILES string of the molecule is [CH3][Sn]([CH3])([CH3])[CH]1CCCCC(=O)C1. The first-order valence-electron chi connectivity index (χ1n) is 5.02. The van der Waals surface area contributed by atoms with Crippen LogP contribution in [-0.2, 0) is 4.79 Å². The Morgan fingerprint density at radius 1 is 1.25 bits per heavy atom. The van der Waals surface area contributed by atoms with Gasteiger partial charge in [0.15, 0.2) is 0 Å². The zero-order valence-corrected chi connectivity index (χ0v) is 11.4. The molecule has 1 saturated carbocycles. The fraction of sp³-hybridized carbons (Fsp3) is 0.900. The van der Waals surface area contributed by atoms with Gasteiger partial charge >= 0.3 is 79.8 Å². The van der Waals surface area contributed by atoms with E-state index < -0.39 is 18.4 Å². The van der Waals surface area contributed by atoms with Crippen LogP contribution in [0.5, 0.6) is 0 Å². The van der Waals surface area contributed by atoms with Gasteiger partial charge in [-0.3, -0.25) is 0 Å². The van der Waals surface area contributed by atoms with Gasteiger partial charge in [-0.05, 0) is 0 Å². The van der Waals surface area contributed by atoms with Crippen molar-refractivity contribution >= 4 is 24.2 Å². The van der Waals surface area contributed by atoms with E-state index in [0.29, 0.717) is 5.78 Å². The second-order valence-corrected chi connectivity index (χ2v) is 20.9. The van der Waals surface area contributed by atoms with Crippen molar-refractivity contribution in [1.82, 2.24) is 0 Å². The Hall–Kier alpha value is 0.469. The van der Waals surface area contributed by atoms with Crippen LogP contribution in [0.2, 0.25) is 18.8 Å². The van der Waals surface area contributed by atoms with E-state index in [-0.39, 0.29) is 0 Å². The van der Waals surface area contributed by atoms with E-state index in [4.69, 9.17) is 0 Å². The van der Waals surface area contributed by atoms with Crippen LogP contribution >= 0.6 is 0 Å². The summed E-state index contributed by atoms with van der Waals surface area (Å²) in [5, 5.41) is 0. The molecule has 70 valence electrons. The minimum atomic E-state index is -1.75. The van der Waals surface area contributed by atoms with E-state index in [2.05, 4.69) is 14.8 Å². The summed E-state index contributed by atoms with van der Waals surface area (Å²) in [5.41, 5.74) is 0. The zero-order valence-electron chi connectivity index (χ0n) is 8.52. The van der Waals surface area contributed by atoms with Crippen molar-refractivity contribution in [1.29, 1.82) is 0 Å². The van der Waals surface area contributed by atoms with Crippen molar-refractivity contribution in [2.45, 2.75) is 50.9 Å². The van der Waals surface area contributed by atoms with Crippen molar-refractivity contribution in [2.75, 3.05) is 0 Å². The third kappa shape index (κ3) is 3.08. The molecule has 1 nitrogen and oxygen atoms in total. The molecule has 0 aromatic heterocycles. The summed E-state index contributed by atoms with van der Waals surface area (Å²) < 4.78 is 0.828. The Kier molecular flexibility index (Phi) is 3.62. The van der Waals surface area contributed by atoms with Crippen LogP contribution < -0.4 is 0 Å². The van der Waals surface area contributed by atoms with Crippen molar-refractivity contribution in [3.63, 3.8) is 0 Å². The molecule has 1 atom stereocenters. The molecule has 1 aliphatic carbocycles. The van der Waals surface area contributed by atoms with E-state index in [0.717, 1.165) is 23.2 Å². The molecule has 0 radical (unpaired) electrons. The molecule has 2 heteroatoms. The number of carbonyl (C=O) groups excluding carboxylic acids is 1. The number of rotatable bonds is 1.